The second-order valence-corrected chi connectivity index (χ2v) is 8.64. The van der Waals surface area contributed by atoms with Gasteiger partial charge in [-0.3, -0.25) is 5.10 Å². The lowest BCUT2D eigenvalue weighted by atomic mass is 9.52. The Bertz CT molecular complexity index is 946. The van der Waals surface area contributed by atoms with Gasteiger partial charge in [-0.05, 0) is 55.9 Å². The molecule has 0 radical (unpaired) electrons. The van der Waals surface area contributed by atoms with Gasteiger partial charge in [0, 0.05) is 41.1 Å². The van der Waals surface area contributed by atoms with Gasteiger partial charge in [-0.25, -0.2) is 4.98 Å². The fraction of sp³-hybridized carbons (Fsp3) is 0.500. The molecule has 0 unspecified atom stereocenters. The standard InChI is InChI=1S/C20H23N5O/c26-20-5-11-3-12(6-20)17(13(4-11)7-20)25-18-15-1-2-21-19(15)22-10-16(18)14-8-23-24-9-14/h1-2,8-13,17,26H,3-7H2,(H,23,24)(H2,21,22,25)/t11?,12-,13-,17?,20?/m0/s1. The maximum absolute atomic E-state index is 10.9. The van der Waals surface area contributed by atoms with Gasteiger partial charge < -0.3 is 15.4 Å². The third-order valence-electron chi connectivity index (χ3n) is 6.95. The van der Waals surface area contributed by atoms with Crippen LogP contribution in [0.25, 0.3) is 22.2 Å². The van der Waals surface area contributed by atoms with Gasteiger partial charge in [0.2, 0.25) is 0 Å². The normalized spacial score (nSPS) is 35.3. The molecule has 6 heteroatoms. The van der Waals surface area contributed by atoms with E-state index in [9.17, 15) is 5.11 Å². The highest BCUT2D eigenvalue weighted by Crippen LogP contribution is 2.56. The molecule has 4 aliphatic carbocycles. The lowest BCUT2D eigenvalue weighted by molar-refractivity contribution is -0.129. The number of aliphatic hydroxyl groups is 1. The summed E-state index contributed by atoms with van der Waals surface area (Å²) in [6, 6.07) is 2.52. The average molecular weight is 349 g/mol. The Morgan fingerprint density at radius 2 is 2.00 bits per heavy atom. The number of nitrogens with zero attached hydrogens (tertiary/aromatic N) is 2. The molecule has 6 nitrogen and oxygen atoms in total. The zero-order valence-electron chi connectivity index (χ0n) is 14.6. The molecule has 0 aliphatic heterocycles. The molecule has 4 N–H and O–H groups in total. The first-order valence-corrected chi connectivity index (χ1v) is 9.63. The summed E-state index contributed by atoms with van der Waals surface area (Å²) >= 11 is 0. The molecule has 134 valence electrons. The molecule has 4 aliphatic rings. The van der Waals surface area contributed by atoms with E-state index in [2.05, 4.69) is 31.5 Å². The number of rotatable bonds is 3. The summed E-state index contributed by atoms with van der Waals surface area (Å²) in [5.74, 6) is 1.84. The molecule has 4 fully saturated rings. The SMILES string of the molecule is OC12CC3C[C@@H](C1)C(Nc1c(-c4cn[nH]c4)cnc4[nH]ccc14)[C@@H](C3)C2. The van der Waals surface area contributed by atoms with Crippen LogP contribution in [0, 0.1) is 17.8 Å². The Balaban J connectivity index is 1.43. The Morgan fingerprint density at radius 1 is 1.15 bits per heavy atom. The van der Waals surface area contributed by atoms with Crippen molar-refractivity contribution in [3.8, 4) is 11.1 Å². The topological polar surface area (TPSA) is 89.6 Å². The molecular weight excluding hydrogens is 326 g/mol. The van der Waals surface area contributed by atoms with Crippen LogP contribution in [0.1, 0.15) is 32.1 Å². The molecular formula is C20H23N5O. The van der Waals surface area contributed by atoms with Gasteiger partial charge in [0.1, 0.15) is 5.65 Å². The van der Waals surface area contributed by atoms with E-state index in [1.807, 2.05) is 24.8 Å². The highest BCUT2D eigenvalue weighted by atomic mass is 16.3. The number of hydrogen-bond acceptors (Lipinski definition) is 4. The smallest absolute Gasteiger partial charge is 0.139 e. The molecule has 4 bridgehead atoms. The number of aromatic amines is 2. The van der Waals surface area contributed by atoms with Crippen molar-refractivity contribution in [2.45, 2.75) is 43.7 Å². The minimum atomic E-state index is -0.399. The largest absolute Gasteiger partial charge is 0.390 e. The van der Waals surface area contributed by atoms with Gasteiger partial charge >= 0.3 is 0 Å². The van der Waals surface area contributed by atoms with Gasteiger partial charge in [0.25, 0.3) is 0 Å². The van der Waals surface area contributed by atoms with Crippen molar-refractivity contribution in [2.24, 2.45) is 17.8 Å². The molecule has 0 amide bonds. The van der Waals surface area contributed by atoms with Crippen LogP contribution >= 0.6 is 0 Å². The number of hydrogen-bond donors (Lipinski definition) is 4. The van der Waals surface area contributed by atoms with Crippen molar-refractivity contribution in [3.63, 3.8) is 0 Å². The highest BCUT2D eigenvalue weighted by molar-refractivity contribution is 5.98. The minimum Gasteiger partial charge on any atom is -0.390 e. The van der Waals surface area contributed by atoms with Crippen LogP contribution < -0.4 is 5.32 Å². The summed E-state index contributed by atoms with van der Waals surface area (Å²) in [4.78, 5) is 7.80. The van der Waals surface area contributed by atoms with Crippen molar-refractivity contribution in [3.05, 3.63) is 30.9 Å². The van der Waals surface area contributed by atoms with Crippen LogP contribution in [0.3, 0.4) is 0 Å². The monoisotopic (exact) mass is 349 g/mol. The van der Waals surface area contributed by atoms with Crippen LogP contribution in [0.15, 0.2) is 30.9 Å². The Kier molecular flexibility index (Phi) is 2.90. The third kappa shape index (κ3) is 2.08. The van der Waals surface area contributed by atoms with E-state index < -0.39 is 5.60 Å². The molecule has 0 spiro atoms. The Labute approximate surface area is 151 Å². The van der Waals surface area contributed by atoms with Crippen molar-refractivity contribution >= 4 is 16.7 Å². The second-order valence-electron chi connectivity index (χ2n) is 8.64. The molecule has 3 aromatic rings. The second kappa shape index (κ2) is 5.10. The first kappa shape index (κ1) is 14.8. The van der Waals surface area contributed by atoms with Crippen molar-refractivity contribution < 1.29 is 5.11 Å². The van der Waals surface area contributed by atoms with E-state index in [-0.39, 0.29) is 0 Å². The van der Waals surface area contributed by atoms with E-state index in [4.69, 9.17) is 0 Å². The maximum atomic E-state index is 10.9. The fourth-order valence-corrected chi connectivity index (χ4v) is 6.16. The quantitative estimate of drug-likeness (QED) is 0.584. The number of pyridine rings is 1. The van der Waals surface area contributed by atoms with Crippen LogP contribution in [0.2, 0.25) is 0 Å². The number of fused-ring (bicyclic) bond motifs is 1. The molecule has 4 saturated carbocycles. The molecule has 3 heterocycles. The molecule has 7 rings (SSSR count). The van der Waals surface area contributed by atoms with Crippen LogP contribution in [0.4, 0.5) is 5.69 Å². The zero-order chi connectivity index (χ0) is 17.3. The van der Waals surface area contributed by atoms with E-state index in [1.165, 1.54) is 12.8 Å². The summed E-state index contributed by atoms with van der Waals surface area (Å²) < 4.78 is 0. The average Bonchev–Trinajstić information content (AvgIpc) is 3.27. The highest BCUT2D eigenvalue weighted by Gasteiger charge is 2.54. The van der Waals surface area contributed by atoms with E-state index in [0.29, 0.717) is 23.8 Å². The third-order valence-corrected chi connectivity index (χ3v) is 6.95. The van der Waals surface area contributed by atoms with Gasteiger partial charge in [-0.1, -0.05) is 0 Å². The fourth-order valence-electron chi connectivity index (χ4n) is 6.16. The lowest BCUT2D eigenvalue weighted by Crippen LogP contribution is -2.59. The van der Waals surface area contributed by atoms with E-state index >= 15 is 0 Å². The predicted molar refractivity (Wildman–Crippen MR) is 99.6 cm³/mol. The van der Waals surface area contributed by atoms with Gasteiger partial charge in [-0.15, -0.1) is 0 Å². The summed E-state index contributed by atoms with van der Waals surface area (Å²) in [7, 11) is 0. The Morgan fingerprint density at radius 3 is 2.73 bits per heavy atom. The first-order valence-electron chi connectivity index (χ1n) is 9.63. The Hall–Kier alpha value is -2.34. The van der Waals surface area contributed by atoms with E-state index in [1.54, 1.807) is 0 Å². The lowest BCUT2D eigenvalue weighted by Gasteiger charge is -2.58. The number of H-pyrrole nitrogens is 2. The molecule has 26 heavy (non-hydrogen) atoms. The molecule has 2 atom stereocenters. The van der Waals surface area contributed by atoms with Crippen LogP contribution in [0.5, 0.6) is 0 Å². The van der Waals surface area contributed by atoms with Crippen molar-refractivity contribution in [2.75, 3.05) is 5.32 Å². The van der Waals surface area contributed by atoms with Gasteiger partial charge in [0.15, 0.2) is 0 Å². The minimum absolute atomic E-state index is 0.399. The molecule has 3 aromatic heterocycles. The summed E-state index contributed by atoms with van der Waals surface area (Å²) in [5.41, 5.74) is 3.78. The van der Waals surface area contributed by atoms with Crippen molar-refractivity contribution in [1.29, 1.82) is 0 Å². The summed E-state index contributed by atoms with van der Waals surface area (Å²) in [5, 5.41) is 22.9. The first-order chi connectivity index (χ1) is 12.7. The summed E-state index contributed by atoms with van der Waals surface area (Å²) in [6.07, 6.45) is 13.0. The molecule has 0 aromatic carbocycles. The predicted octanol–water partition coefficient (Wildman–Crippen LogP) is 3.30. The van der Waals surface area contributed by atoms with Crippen LogP contribution in [-0.2, 0) is 0 Å². The summed E-state index contributed by atoms with van der Waals surface area (Å²) in [6.45, 7) is 0. The maximum Gasteiger partial charge on any atom is 0.139 e. The number of nitrogens with one attached hydrogen (secondary N) is 3. The van der Waals surface area contributed by atoms with Crippen LogP contribution in [-0.4, -0.2) is 36.9 Å². The number of anilines is 1. The van der Waals surface area contributed by atoms with E-state index in [0.717, 1.165) is 47.1 Å². The molecule has 0 saturated heterocycles. The van der Waals surface area contributed by atoms with Gasteiger partial charge in [0.05, 0.1) is 17.5 Å². The zero-order valence-corrected chi connectivity index (χ0v) is 14.6. The van der Waals surface area contributed by atoms with Crippen molar-refractivity contribution in [1.82, 2.24) is 20.2 Å². The number of aromatic nitrogens is 4. The van der Waals surface area contributed by atoms with Gasteiger partial charge in [-0.2, -0.15) is 5.10 Å².